The number of carbonyl (C=O) groups excluding carboxylic acids is 1. The number of hydrogen-bond donors (Lipinski definition) is 1. The molecule has 0 fully saturated rings. The number of para-hydroxylation sites is 1. The first-order valence-electron chi connectivity index (χ1n) is 7.63. The Morgan fingerprint density at radius 3 is 2.54 bits per heavy atom. The third-order valence-electron chi connectivity index (χ3n) is 2.98. The topological polar surface area (TPSA) is 119 Å². The van der Waals surface area contributed by atoms with Crippen molar-refractivity contribution in [3.63, 3.8) is 0 Å². The van der Waals surface area contributed by atoms with E-state index in [4.69, 9.17) is 11.2 Å². The molecule has 0 heterocycles. The molecule has 0 saturated heterocycles. The Hall–Kier alpha value is -2.64. The molecule has 10 heteroatoms. The molecule has 142 valence electrons. The van der Waals surface area contributed by atoms with Crippen LogP contribution in [0.5, 0.6) is 0 Å². The Morgan fingerprint density at radius 2 is 2.00 bits per heavy atom. The zero-order valence-electron chi connectivity index (χ0n) is 14.8. The number of alkyl carbamates (subject to hydrolysis) is 1. The molecule has 0 bridgehead atoms. The van der Waals surface area contributed by atoms with Gasteiger partial charge < -0.3 is 10.1 Å². The van der Waals surface area contributed by atoms with Crippen LogP contribution in [0.15, 0.2) is 29.2 Å². The Kier molecular flexibility index (Phi) is 7.11. The highest BCUT2D eigenvalue weighted by molar-refractivity contribution is 7.89. The third kappa shape index (κ3) is 6.02. The summed E-state index contributed by atoms with van der Waals surface area (Å²) in [6.45, 7) is 4.53. The molecule has 1 aromatic rings. The average Bonchev–Trinajstić information content (AvgIpc) is 2.52. The largest absolute Gasteiger partial charge is 0.444 e. The van der Waals surface area contributed by atoms with E-state index in [-0.39, 0.29) is 19.6 Å². The molecule has 1 amide bonds. The number of benzene rings is 1. The first kappa shape index (κ1) is 21.4. The molecule has 0 saturated carbocycles. The summed E-state index contributed by atoms with van der Waals surface area (Å²) in [7, 11) is -4.21. The van der Waals surface area contributed by atoms with Crippen LogP contribution in [-0.2, 0) is 14.8 Å². The molecule has 0 unspecified atom stereocenters. The molecule has 0 radical (unpaired) electrons. The first-order valence-corrected chi connectivity index (χ1v) is 9.07. The van der Waals surface area contributed by atoms with Crippen LogP contribution in [0.3, 0.4) is 0 Å². The van der Waals surface area contributed by atoms with Gasteiger partial charge in [0, 0.05) is 19.2 Å². The number of hydrogen-bond acceptors (Lipinski definition) is 6. The highest BCUT2D eigenvalue weighted by Gasteiger charge is 2.30. The second kappa shape index (κ2) is 8.64. The summed E-state index contributed by atoms with van der Waals surface area (Å²) in [4.78, 5) is 21.5. The van der Waals surface area contributed by atoms with Crippen molar-refractivity contribution in [1.29, 1.82) is 0 Å². The summed E-state index contributed by atoms with van der Waals surface area (Å²) in [5, 5.41) is 13.5. The van der Waals surface area contributed by atoms with E-state index < -0.39 is 37.2 Å². The summed E-state index contributed by atoms with van der Waals surface area (Å²) in [6, 6.07) is 4.98. The van der Waals surface area contributed by atoms with Crippen LogP contribution < -0.4 is 5.32 Å². The Morgan fingerprint density at radius 1 is 1.38 bits per heavy atom. The highest BCUT2D eigenvalue weighted by Crippen LogP contribution is 2.25. The predicted octanol–water partition coefficient (Wildman–Crippen LogP) is 1.74. The number of nitro groups is 1. The summed E-state index contributed by atoms with van der Waals surface area (Å²) in [6.07, 6.45) is 4.51. The van der Waals surface area contributed by atoms with Gasteiger partial charge in [0.2, 0.25) is 0 Å². The van der Waals surface area contributed by atoms with Crippen molar-refractivity contribution < 1.29 is 22.9 Å². The number of nitrogens with zero attached hydrogens (tertiary/aromatic N) is 2. The van der Waals surface area contributed by atoms with Crippen LogP contribution in [-0.4, -0.2) is 49.0 Å². The van der Waals surface area contributed by atoms with Gasteiger partial charge in [0.25, 0.3) is 15.7 Å². The highest BCUT2D eigenvalue weighted by atomic mass is 32.2. The fourth-order valence-corrected chi connectivity index (χ4v) is 3.46. The van der Waals surface area contributed by atoms with Gasteiger partial charge in [0.05, 0.1) is 11.5 Å². The minimum absolute atomic E-state index is 0.0730. The number of nitrogens with one attached hydrogen (secondary N) is 1. The number of nitro benzene ring substituents is 1. The van der Waals surface area contributed by atoms with Crippen molar-refractivity contribution in [2.45, 2.75) is 31.3 Å². The summed E-state index contributed by atoms with van der Waals surface area (Å²) < 4.78 is 31.4. The fourth-order valence-electron chi connectivity index (χ4n) is 1.95. The molecule has 0 aromatic heterocycles. The maximum Gasteiger partial charge on any atom is 0.407 e. The van der Waals surface area contributed by atoms with E-state index in [1.165, 1.54) is 12.1 Å². The maximum absolute atomic E-state index is 12.7. The van der Waals surface area contributed by atoms with Crippen molar-refractivity contribution in [2.75, 3.05) is 19.6 Å². The zero-order chi connectivity index (χ0) is 20.0. The van der Waals surface area contributed by atoms with Gasteiger partial charge in [0.15, 0.2) is 4.90 Å². The zero-order valence-corrected chi connectivity index (χ0v) is 15.6. The number of sulfonamides is 1. The Labute approximate surface area is 152 Å². The summed E-state index contributed by atoms with van der Waals surface area (Å²) in [5.41, 5.74) is -1.24. The minimum atomic E-state index is -4.21. The average molecular weight is 383 g/mol. The van der Waals surface area contributed by atoms with Gasteiger partial charge >= 0.3 is 6.09 Å². The lowest BCUT2D eigenvalue weighted by Crippen LogP contribution is -2.40. The lowest BCUT2D eigenvalue weighted by molar-refractivity contribution is -0.387. The SMILES string of the molecule is C#CCN(CCNC(=O)OC(C)(C)C)S(=O)(=O)c1ccccc1[N+](=O)[O-]. The van der Waals surface area contributed by atoms with Crippen molar-refractivity contribution in [3.05, 3.63) is 34.4 Å². The van der Waals surface area contributed by atoms with Gasteiger partial charge in [-0.2, -0.15) is 4.31 Å². The smallest absolute Gasteiger partial charge is 0.407 e. The number of ether oxygens (including phenoxy) is 1. The van der Waals surface area contributed by atoms with Gasteiger partial charge in [-0.15, -0.1) is 6.42 Å². The molecule has 0 spiro atoms. The number of rotatable bonds is 7. The molecule has 26 heavy (non-hydrogen) atoms. The molecular weight excluding hydrogens is 362 g/mol. The minimum Gasteiger partial charge on any atom is -0.444 e. The van der Waals surface area contributed by atoms with E-state index in [1.54, 1.807) is 20.8 Å². The van der Waals surface area contributed by atoms with Crippen molar-refractivity contribution in [2.24, 2.45) is 0 Å². The maximum atomic E-state index is 12.7. The van der Waals surface area contributed by atoms with Crippen molar-refractivity contribution in [3.8, 4) is 12.3 Å². The second-order valence-electron chi connectivity index (χ2n) is 6.20. The van der Waals surface area contributed by atoms with Crippen LogP contribution in [0, 0.1) is 22.5 Å². The molecule has 9 nitrogen and oxygen atoms in total. The lowest BCUT2D eigenvalue weighted by Gasteiger charge is -2.22. The summed E-state index contributed by atoms with van der Waals surface area (Å²) in [5.74, 6) is 2.20. The van der Waals surface area contributed by atoms with Crippen LogP contribution in [0.25, 0.3) is 0 Å². The van der Waals surface area contributed by atoms with E-state index in [0.717, 1.165) is 16.4 Å². The molecule has 0 atom stereocenters. The van der Waals surface area contributed by atoms with Crippen molar-refractivity contribution in [1.82, 2.24) is 9.62 Å². The van der Waals surface area contributed by atoms with Gasteiger partial charge in [0.1, 0.15) is 5.60 Å². The van der Waals surface area contributed by atoms with Crippen LogP contribution in [0.2, 0.25) is 0 Å². The molecule has 1 aromatic carbocycles. The van der Waals surface area contributed by atoms with Gasteiger partial charge in [-0.25, -0.2) is 13.2 Å². The quantitative estimate of drug-likeness (QED) is 0.435. The van der Waals surface area contributed by atoms with E-state index in [2.05, 4.69) is 11.2 Å². The standard InChI is InChI=1S/C16H21N3O6S/c1-5-11-18(12-10-17-15(20)25-16(2,3)4)26(23,24)14-9-7-6-8-13(14)19(21)22/h1,6-9H,10-12H2,2-4H3,(H,17,20). The van der Waals surface area contributed by atoms with E-state index >= 15 is 0 Å². The predicted molar refractivity (Wildman–Crippen MR) is 94.9 cm³/mol. The molecule has 1 rings (SSSR count). The number of carbonyl (C=O) groups is 1. The first-order chi connectivity index (χ1) is 12.0. The van der Waals surface area contributed by atoms with Gasteiger partial charge in [-0.3, -0.25) is 10.1 Å². The van der Waals surface area contributed by atoms with Gasteiger partial charge in [-0.05, 0) is 26.8 Å². The van der Waals surface area contributed by atoms with E-state index in [9.17, 15) is 23.3 Å². The lowest BCUT2D eigenvalue weighted by atomic mass is 10.2. The Balaban J connectivity index is 2.94. The Bertz CT molecular complexity index is 808. The normalized spacial score (nSPS) is 11.7. The molecule has 0 aliphatic heterocycles. The second-order valence-corrected chi connectivity index (χ2v) is 8.10. The van der Waals surface area contributed by atoms with E-state index in [1.807, 2.05) is 0 Å². The van der Waals surface area contributed by atoms with Crippen LogP contribution in [0.4, 0.5) is 10.5 Å². The monoisotopic (exact) mass is 383 g/mol. The molecule has 0 aliphatic carbocycles. The fraction of sp³-hybridized carbons (Fsp3) is 0.438. The third-order valence-corrected chi connectivity index (χ3v) is 4.87. The van der Waals surface area contributed by atoms with E-state index in [0.29, 0.717) is 0 Å². The van der Waals surface area contributed by atoms with Crippen LogP contribution >= 0.6 is 0 Å². The van der Waals surface area contributed by atoms with Crippen LogP contribution in [0.1, 0.15) is 20.8 Å². The number of amides is 1. The van der Waals surface area contributed by atoms with Gasteiger partial charge in [-0.1, -0.05) is 18.1 Å². The molecule has 1 N–H and O–H groups in total. The van der Waals surface area contributed by atoms with Crippen molar-refractivity contribution >= 4 is 21.8 Å². The molecule has 0 aliphatic rings. The molecular formula is C16H21N3O6S. The number of terminal acetylenes is 1. The summed E-state index contributed by atoms with van der Waals surface area (Å²) >= 11 is 0.